The van der Waals surface area contributed by atoms with Crippen LogP contribution in [0.5, 0.6) is 0 Å². The number of allylic oxidation sites excluding steroid dienone is 1. The van der Waals surface area contributed by atoms with E-state index in [4.69, 9.17) is 9.47 Å². The van der Waals surface area contributed by atoms with Gasteiger partial charge in [0.2, 0.25) is 0 Å². The van der Waals surface area contributed by atoms with Gasteiger partial charge in [0, 0.05) is 19.6 Å². The summed E-state index contributed by atoms with van der Waals surface area (Å²) >= 11 is 0. The van der Waals surface area contributed by atoms with Crippen LogP contribution in [0.4, 0.5) is 0 Å². The van der Waals surface area contributed by atoms with Crippen LogP contribution < -0.4 is 0 Å². The molecule has 30 heavy (non-hydrogen) atoms. The normalized spacial score (nSPS) is 21.8. The third-order valence-corrected chi connectivity index (χ3v) is 6.45. The molecule has 0 heterocycles. The van der Waals surface area contributed by atoms with Gasteiger partial charge in [-0.15, -0.1) is 0 Å². The molecule has 3 heteroatoms. The van der Waals surface area contributed by atoms with E-state index in [2.05, 4.69) is 42.5 Å². The smallest absolute Gasteiger partial charge is 0.0824 e. The van der Waals surface area contributed by atoms with Gasteiger partial charge in [0.05, 0.1) is 19.3 Å². The molecule has 0 amide bonds. The summed E-state index contributed by atoms with van der Waals surface area (Å²) < 4.78 is 11.2. The predicted octanol–water partition coefficient (Wildman–Crippen LogP) is 5.60. The van der Waals surface area contributed by atoms with Crippen LogP contribution in [-0.2, 0) is 15.9 Å². The van der Waals surface area contributed by atoms with Crippen LogP contribution >= 0.6 is 0 Å². The number of hydrogen-bond donors (Lipinski definition) is 1. The minimum atomic E-state index is -0.438. The lowest BCUT2D eigenvalue weighted by atomic mass is 9.86. The first-order valence-corrected chi connectivity index (χ1v) is 11.1. The Labute approximate surface area is 181 Å². The van der Waals surface area contributed by atoms with Crippen molar-refractivity contribution in [3.8, 4) is 0 Å². The fraction of sp³-hybridized carbons (Fsp3) is 0.481. The first-order valence-electron chi connectivity index (χ1n) is 11.1. The van der Waals surface area contributed by atoms with Crippen molar-refractivity contribution >= 4 is 0 Å². The third-order valence-electron chi connectivity index (χ3n) is 6.45. The molecule has 0 aromatic heterocycles. The lowest BCUT2D eigenvalue weighted by Gasteiger charge is -2.27. The van der Waals surface area contributed by atoms with Crippen molar-refractivity contribution in [2.45, 2.75) is 38.2 Å². The molecule has 3 atom stereocenters. The first-order chi connectivity index (χ1) is 14.7. The molecule has 3 rings (SSSR count). The maximum Gasteiger partial charge on any atom is 0.0824 e. The van der Waals surface area contributed by atoms with Crippen LogP contribution in [0.15, 0.2) is 72.8 Å². The number of benzene rings is 2. The van der Waals surface area contributed by atoms with E-state index in [1.807, 2.05) is 30.3 Å². The highest BCUT2D eigenvalue weighted by Gasteiger charge is 2.44. The Hall–Kier alpha value is -1.94. The molecule has 162 valence electrons. The van der Waals surface area contributed by atoms with Gasteiger partial charge < -0.3 is 14.6 Å². The summed E-state index contributed by atoms with van der Waals surface area (Å²) in [5, 5.41) is 10.4. The average molecular weight is 409 g/mol. The highest BCUT2D eigenvalue weighted by Crippen LogP contribution is 2.49. The summed E-state index contributed by atoms with van der Waals surface area (Å²) in [4.78, 5) is 0. The minimum Gasteiger partial charge on any atom is -0.388 e. The SMILES string of the molecule is COCC1(COC)C[C@@H](C/C=C/CC(O)c2ccccc2)[C@H](Cc2ccccc2)C1. The number of ether oxygens (including phenoxy) is 2. The number of hydrogen-bond acceptors (Lipinski definition) is 3. The van der Waals surface area contributed by atoms with Crippen molar-refractivity contribution < 1.29 is 14.6 Å². The molecule has 2 aromatic rings. The van der Waals surface area contributed by atoms with Gasteiger partial charge in [0.15, 0.2) is 0 Å². The van der Waals surface area contributed by atoms with Gasteiger partial charge in [-0.05, 0) is 55.1 Å². The summed E-state index contributed by atoms with van der Waals surface area (Å²) in [5.74, 6) is 1.21. The molecular weight excluding hydrogens is 372 g/mol. The van der Waals surface area contributed by atoms with E-state index in [-0.39, 0.29) is 5.41 Å². The van der Waals surface area contributed by atoms with Crippen LogP contribution in [-0.4, -0.2) is 32.5 Å². The molecule has 3 nitrogen and oxygen atoms in total. The van der Waals surface area contributed by atoms with E-state index in [1.165, 1.54) is 5.56 Å². The molecule has 1 N–H and O–H groups in total. The van der Waals surface area contributed by atoms with E-state index in [1.54, 1.807) is 14.2 Å². The molecule has 1 saturated carbocycles. The van der Waals surface area contributed by atoms with Gasteiger partial charge in [-0.1, -0.05) is 72.8 Å². The van der Waals surface area contributed by atoms with Crippen LogP contribution in [0.25, 0.3) is 0 Å². The Kier molecular flexibility index (Phi) is 8.68. The van der Waals surface area contributed by atoms with Gasteiger partial charge in [0.25, 0.3) is 0 Å². The monoisotopic (exact) mass is 408 g/mol. The molecule has 1 fully saturated rings. The van der Waals surface area contributed by atoms with Crippen molar-refractivity contribution in [1.29, 1.82) is 0 Å². The lowest BCUT2D eigenvalue weighted by Crippen LogP contribution is -2.29. The van der Waals surface area contributed by atoms with Crippen molar-refractivity contribution in [2.75, 3.05) is 27.4 Å². The maximum atomic E-state index is 10.4. The fourth-order valence-corrected chi connectivity index (χ4v) is 5.16. The molecule has 0 aliphatic heterocycles. The third kappa shape index (κ3) is 6.28. The Balaban J connectivity index is 1.64. The summed E-state index contributed by atoms with van der Waals surface area (Å²) in [6, 6.07) is 20.7. The van der Waals surface area contributed by atoms with Crippen LogP contribution in [0, 0.1) is 17.3 Å². The van der Waals surface area contributed by atoms with Gasteiger partial charge >= 0.3 is 0 Å². The van der Waals surface area contributed by atoms with Gasteiger partial charge in [0.1, 0.15) is 0 Å². The zero-order valence-corrected chi connectivity index (χ0v) is 18.4. The second-order valence-corrected chi connectivity index (χ2v) is 8.85. The molecule has 0 bridgehead atoms. The average Bonchev–Trinajstić information content (AvgIpc) is 3.09. The zero-order valence-electron chi connectivity index (χ0n) is 18.4. The second kappa shape index (κ2) is 11.5. The van der Waals surface area contributed by atoms with Crippen molar-refractivity contribution in [2.24, 2.45) is 17.3 Å². The van der Waals surface area contributed by atoms with Crippen molar-refractivity contribution in [1.82, 2.24) is 0 Å². The number of rotatable bonds is 11. The quantitative estimate of drug-likeness (QED) is 0.492. The van der Waals surface area contributed by atoms with Gasteiger partial charge in [-0.2, -0.15) is 0 Å². The Morgan fingerprint density at radius 1 is 0.900 bits per heavy atom. The van der Waals surface area contributed by atoms with E-state index < -0.39 is 6.10 Å². The highest BCUT2D eigenvalue weighted by molar-refractivity contribution is 5.18. The summed E-state index contributed by atoms with van der Waals surface area (Å²) in [7, 11) is 3.59. The largest absolute Gasteiger partial charge is 0.388 e. The fourth-order valence-electron chi connectivity index (χ4n) is 5.16. The Morgan fingerprint density at radius 2 is 1.50 bits per heavy atom. The van der Waals surface area contributed by atoms with Crippen molar-refractivity contribution in [3.05, 3.63) is 83.9 Å². The molecule has 1 aliphatic carbocycles. The molecular formula is C27H36O3. The predicted molar refractivity (Wildman–Crippen MR) is 122 cm³/mol. The number of methoxy groups -OCH3 is 2. The molecule has 0 radical (unpaired) electrons. The van der Waals surface area contributed by atoms with E-state index in [9.17, 15) is 5.11 Å². The molecule has 0 saturated heterocycles. The maximum absolute atomic E-state index is 10.4. The Morgan fingerprint density at radius 3 is 2.13 bits per heavy atom. The molecule has 1 unspecified atom stereocenters. The van der Waals surface area contributed by atoms with Crippen LogP contribution in [0.2, 0.25) is 0 Å². The highest BCUT2D eigenvalue weighted by atomic mass is 16.5. The van der Waals surface area contributed by atoms with Crippen LogP contribution in [0.1, 0.15) is 42.9 Å². The lowest BCUT2D eigenvalue weighted by molar-refractivity contribution is 0.0104. The Bertz CT molecular complexity index is 750. The first kappa shape index (κ1) is 22.7. The summed E-state index contributed by atoms with van der Waals surface area (Å²) in [6.45, 7) is 1.50. The second-order valence-electron chi connectivity index (χ2n) is 8.85. The zero-order chi connectivity index (χ0) is 21.2. The topological polar surface area (TPSA) is 38.7 Å². The van der Waals surface area contributed by atoms with Gasteiger partial charge in [-0.3, -0.25) is 0 Å². The molecule has 0 spiro atoms. The van der Waals surface area contributed by atoms with E-state index in [0.29, 0.717) is 18.3 Å². The van der Waals surface area contributed by atoms with E-state index in [0.717, 1.165) is 44.5 Å². The molecule has 2 aromatic carbocycles. The van der Waals surface area contributed by atoms with Gasteiger partial charge in [-0.25, -0.2) is 0 Å². The minimum absolute atomic E-state index is 0.102. The number of aliphatic hydroxyl groups is 1. The summed E-state index contributed by atoms with van der Waals surface area (Å²) in [5.41, 5.74) is 2.48. The van der Waals surface area contributed by atoms with Crippen LogP contribution in [0.3, 0.4) is 0 Å². The number of aliphatic hydroxyl groups excluding tert-OH is 1. The standard InChI is InChI=1S/C27H36O3/c1-29-20-27(21-30-2)18-24(25(19-27)17-22-11-5-3-6-12-22)15-9-10-16-26(28)23-13-7-4-8-14-23/h3-14,24-26,28H,15-21H2,1-2H3/b10-9+/t24-,25-,26?/m1/s1. The molecule has 1 aliphatic rings. The summed E-state index contributed by atoms with van der Waals surface area (Å²) in [6.07, 6.45) is 9.02. The van der Waals surface area contributed by atoms with Crippen molar-refractivity contribution in [3.63, 3.8) is 0 Å². The van der Waals surface area contributed by atoms with E-state index >= 15 is 0 Å².